The summed E-state index contributed by atoms with van der Waals surface area (Å²) in [6.07, 6.45) is -3.49. The first-order valence-electron chi connectivity index (χ1n) is 6.60. The second kappa shape index (κ2) is 10.7. The van der Waals surface area contributed by atoms with Gasteiger partial charge in [-0.3, -0.25) is 0 Å². The molecule has 126 valence electrons. The van der Waals surface area contributed by atoms with Crippen molar-refractivity contribution in [2.75, 3.05) is 0 Å². The summed E-state index contributed by atoms with van der Waals surface area (Å²) in [4.78, 5) is 0. The van der Waals surface area contributed by atoms with Gasteiger partial charge in [0.25, 0.3) is 0 Å². The number of benzene rings is 1. The summed E-state index contributed by atoms with van der Waals surface area (Å²) in [5, 5.41) is 0. The smallest absolute Gasteiger partial charge is 0.171 e. The molecule has 0 atom stereocenters. The maximum absolute atomic E-state index is 11.3. The van der Waals surface area contributed by atoms with Crippen molar-refractivity contribution in [2.45, 2.75) is 68.5 Å². The van der Waals surface area contributed by atoms with Crippen molar-refractivity contribution in [3.63, 3.8) is 0 Å². The molecule has 0 aromatic heterocycles. The first-order chi connectivity index (χ1) is 8.49. The highest BCUT2D eigenvalue weighted by Crippen LogP contribution is 2.23. The Morgan fingerprint density at radius 3 is 1.57 bits per heavy atom. The normalized spacial score (nSPS) is 10.9. The Balaban J connectivity index is -0.000000295. The number of rotatable bonds is 2. The maximum Gasteiger partial charge on any atom is 0.389 e. The number of alkyl halides is 3. The molecule has 3 heteroatoms. The van der Waals surface area contributed by atoms with Crippen molar-refractivity contribution >= 4 is 0 Å². The lowest BCUT2D eigenvalue weighted by Gasteiger charge is -2.17. The van der Waals surface area contributed by atoms with Gasteiger partial charge in [-0.05, 0) is 23.3 Å². The molecule has 0 aliphatic carbocycles. The lowest BCUT2D eigenvalue weighted by molar-refractivity contribution is -0.141. The molecule has 1 rings (SSSR count). The Morgan fingerprint density at radius 2 is 1.33 bits per heavy atom. The average Bonchev–Trinajstić information content (AvgIpc) is 2.12. The Labute approximate surface area is 129 Å². The number of hydrogen-bond donors (Lipinski definition) is 0. The van der Waals surface area contributed by atoms with E-state index in [-0.39, 0.29) is 20.8 Å². The number of halogens is 3. The summed E-state index contributed by atoms with van der Waals surface area (Å²) < 4.78 is 33.9. The van der Waals surface area contributed by atoms with Gasteiger partial charge in [0.1, 0.15) is 0 Å². The van der Waals surface area contributed by atoms with Crippen LogP contribution in [0.5, 0.6) is 0 Å². The first-order valence-corrected chi connectivity index (χ1v) is 6.60. The van der Waals surface area contributed by atoms with Crippen molar-refractivity contribution in [1.29, 1.82) is 0 Å². The first kappa shape index (κ1) is 25.0. The maximum atomic E-state index is 11.3. The van der Waals surface area contributed by atoms with E-state index in [4.69, 9.17) is 0 Å². The Morgan fingerprint density at radius 1 is 0.905 bits per heavy atom. The molecular formula is C18H33F3. The SMILES string of the molecule is C.C.CC(C)(C)Cc1ccccc1.CC(C)CC(F)(F)F. The van der Waals surface area contributed by atoms with Gasteiger partial charge in [-0.2, -0.15) is 13.2 Å². The summed E-state index contributed by atoms with van der Waals surface area (Å²) in [7, 11) is 0. The van der Waals surface area contributed by atoms with Gasteiger partial charge in [-0.25, -0.2) is 0 Å². The topological polar surface area (TPSA) is 0 Å². The van der Waals surface area contributed by atoms with Crippen LogP contribution in [0.2, 0.25) is 0 Å². The van der Waals surface area contributed by atoms with E-state index < -0.39 is 12.6 Å². The van der Waals surface area contributed by atoms with Crippen LogP contribution in [0.1, 0.15) is 61.5 Å². The highest BCUT2D eigenvalue weighted by Gasteiger charge is 2.27. The molecule has 0 spiro atoms. The van der Waals surface area contributed by atoms with Gasteiger partial charge in [-0.15, -0.1) is 0 Å². The second-order valence-corrected chi connectivity index (χ2v) is 6.44. The summed E-state index contributed by atoms with van der Waals surface area (Å²) in [5.41, 5.74) is 1.83. The van der Waals surface area contributed by atoms with Crippen molar-refractivity contribution in [3.05, 3.63) is 35.9 Å². The van der Waals surface area contributed by atoms with E-state index in [1.807, 2.05) is 0 Å². The largest absolute Gasteiger partial charge is 0.389 e. The molecule has 0 bridgehead atoms. The van der Waals surface area contributed by atoms with Crippen LogP contribution < -0.4 is 0 Å². The summed E-state index contributed by atoms with van der Waals surface area (Å²) >= 11 is 0. The van der Waals surface area contributed by atoms with Crippen LogP contribution in [0.3, 0.4) is 0 Å². The Kier molecular flexibility index (Phi) is 12.7. The zero-order valence-corrected chi connectivity index (χ0v) is 12.5. The third-order valence-corrected chi connectivity index (χ3v) is 2.22. The molecular weight excluding hydrogens is 273 g/mol. The molecule has 0 nitrogen and oxygen atoms in total. The van der Waals surface area contributed by atoms with Crippen LogP contribution in [0, 0.1) is 11.3 Å². The number of hydrogen-bond acceptors (Lipinski definition) is 0. The fourth-order valence-corrected chi connectivity index (χ4v) is 1.67. The molecule has 0 fully saturated rings. The molecule has 0 N–H and O–H groups in total. The lowest BCUT2D eigenvalue weighted by Crippen LogP contribution is -2.10. The van der Waals surface area contributed by atoms with E-state index >= 15 is 0 Å². The van der Waals surface area contributed by atoms with Crippen molar-refractivity contribution in [1.82, 2.24) is 0 Å². The predicted octanol–water partition coefficient (Wildman–Crippen LogP) is 7.14. The minimum atomic E-state index is -3.98. The molecule has 0 unspecified atom stereocenters. The molecule has 0 amide bonds. The summed E-state index contributed by atoms with van der Waals surface area (Å²) in [5.74, 6) is -0.282. The standard InChI is InChI=1S/C11H16.C5H9F3.2CH4/c1-11(2,3)9-10-7-5-4-6-8-10;1-4(2)3-5(6,7)8;;/h4-8H,9H2,1-3H3;4H,3H2,1-2H3;2*1H4. The van der Waals surface area contributed by atoms with Gasteiger partial charge in [0, 0.05) is 6.42 Å². The minimum Gasteiger partial charge on any atom is -0.171 e. The van der Waals surface area contributed by atoms with Crippen LogP contribution in [-0.2, 0) is 6.42 Å². The van der Waals surface area contributed by atoms with Crippen LogP contribution in [0.4, 0.5) is 13.2 Å². The second-order valence-electron chi connectivity index (χ2n) is 6.44. The molecule has 21 heavy (non-hydrogen) atoms. The van der Waals surface area contributed by atoms with E-state index in [1.165, 1.54) is 5.56 Å². The highest BCUT2D eigenvalue weighted by atomic mass is 19.4. The van der Waals surface area contributed by atoms with Crippen molar-refractivity contribution in [3.8, 4) is 0 Å². The molecule has 1 aromatic carbocycles. The quantitative estimate of drug-likeness (QED) is 0.544. The molecule has 0 saturated heterocycles. The van der Waals surface area contributed by atoms with Gasteiger partial charge in [0.05, 0.1) is 0 Å². The molecule has 0 heterocycles. The van der Waals surface area contributed by atoms with E-state index in [0.717, 1.165) is 6.42 Å². The fourth-order valence-electron chi connectivity index (χ4n) is 1.67. The van der Waals surface area contributed by atoms with E-state index in [1.54, 1.807) is 13.8 Å². The zero-order valence-electron chi connectivity index (χ0n) is 12.5. The van der Waals surface area contributed by atoms with Gasteiger partial charge in [0.2, 0.25) is 0 Å². The van der Waals surface area contributed by atoms with E-state index in [9.17, 15) is 13.2 Å². The molecule has 0 radical (unpaired) electrons. The average molecular weight is 306 g/mol. The minimum absolute atomic E-state index is 0. The molecule has 0 aliphatic rings. The predicted molar refractivity (Wildman–Crippen MR) is 88.6 cm³/mol. The van der Waals surface area contributed by atoms with Crippen molar-refractivity contribution in [2.24, 2.45) is 11.3 Å². The van der Waals surface area contributed by atoms with Gasteiger partial charge < -0.3 is 0 Å². The monoisotopic (exact) mass is 306 g/mol. The molecule has 0 saturated carbocycles. The van der Waals surface area contributed by atoms with Crippen LogP contribution in [0.25, 0.3) is 0 Å². The zero-order chi connectivity index (χ0) is 15.1. The Bertz CT molecular complexity index is 332. The van der Waals surface area contributed by atoms with E-state index in [0.29, 0.717) is 5.41 Å². The lowest BCUT2D eigenvalue weighted by atomic mass is 9.88. The van der Waals surface area contributed by atoms with Gasteiger partial charge >= 0.3 is 6.18 Å². The highest BCUT2D eigenvalue weighted by molar-refractivity contribution is 5.15. The van der Waals surface area contributed by atoms with Gasteiger partial charge in [0.15, 0.2) is 0 Å². The van der Waals surface area contributed by atoms with Crippen LogP contribution >= 0.6 is 0 Å². The molecule has 0 aliphatic heterocycles. The molecule has 1 aromatic rings. The van der Waals surface area contributed by atoms with Gasteiger partial charge in [-0.1, -0.05) is 79.8 Å². The summed E-state index contributed by atoms with van der Waals surface area (Å²) in [6.45, 7) is 9.89. The van der Waals surface area contributed by atoms with Crippen LogP contribution in [0.15, 0.2) is 30.3 Å². The van der Waals surface area contributed by atoms with Crippen LogP contribution in [-0.4, -0.2) is 6.18 Å². The Hall–Kier alpha value is -0.990. The fraction of sp³-hybridized carbons (Fsp3) is 0.667. The third kappa shape index (κ3) is 19.0. The third-order valence-electron chi connectivity index (χ3n) is 2.22. The summed E-state index contributed by atoms with van der Waals surface area (Å²) in [6, 6.07) is 10.6. The van der Waals surface area contributed by atoms with E-state index in [2.05, 4.69) is 51.1 Å². The van der Waals surface area contributed by atoms with Crippen molar-refractivity contribution < 1.29 is 13.2 Å².